The second kappa shape index (κ2) is 5.70. The van der Waals surface area contributed by atoms with Gasteiger partial charge in [-0.25, -0.2) is 9.97 Å². The van der Waals surface area contributed by atoms with Crippen LogP contribution in [-0.2, 0) is 6.18 Å². The van der Waals surface area contributed by atoms with Crippen LogP contribution in [-0.4, -0.2) is 25.7 Å². The number of imidazole rings is 1. The lowest BCUT2D eigenvalue weighted by Gasteiger charge is -2.13. The minimum atomic E-state index is -4.56. The van der Waals surface area contributed by atoms with E-state index in [0.29, 0.717) is 23.1 Å². The minimum absolute atomic E-state index is 0.138. The van der Waals surface area contributed by atoms with Crippen LogP contribution in [0.3, 0.4) is 0 Å². The largest absolute Gasteiger partial charge is 0.419 e. The molecular formula is C18H21F3N4O. The summed E-state index contributed by atoms with van der Waals surface area (Å²) in [6.45, 7) is 4.02. The topological polar surface area (TPSA) is 77.0 Å². The second-order valence-electron chi connectivity index (χ2n) is 7.64. The van der Waals surface area contributed by atoms with Gasteiger partial charge in [-0.3, -0.25) is 0 Å². The zero-order valence-corrected chi connectivity index (χ0v) is 14.5. The maximum absolute atomic E-state index is 13.1. The summed E-state index contributed by atoms with van der Waals surface area (Å²) >= 11 is 0. The van der Waals surface area contributed by atoms with Gasteiger partial charge in [0, 0.05) is 29.9 Å². The van der Waals surface area contributed by atoms with Gasteiger partial charge < -0.3 is 15.4 Å². The zero-order chi connectivity index (χ0) is 18.8. The fourth-order valence-electron chi connectivity index (χ4n) is 4.25. The highest BCUT2D eigenvalue weighted by atomic mass is 19.4. The van der Waals surface area contributed by atoms with Gasteiger partial charge in [0.25, 0.3) is 0 Å². The van der Waals surface area contributed by atoms with Gasteiger partial charge in [-0.05, 0) is 30.7 Å². The van der Waals surface area contributed by atoms with Crippen LogP contribution in [0, 0.1) is 11.8 Å². The summed E-state index contributed by atoms with van der Waals surface area (Å²) in [6.07, 6.45) is -0.0800. The Labute approximate surface area is 149 Å². The molecule has 0 aromatic carbocycles. The number of aliphatic hydroxyl groups excluding tert-OH is 1. The van der Waals surface area contributed by atoms with E-state index in [1.807, 2.05) is 20.0 Å². The van der Waals surface area contributed by atoms with E-state index < -0.39 is 17.6 Å². The van der Waals surface area contributed by atoms with Crippen LogP contribution in [0.15, 0.2) is 18.5 Å². The molecule has 0 saturated heterocycles. The molecule has 0 spiro atoms. The van der Waals surface area contributed by atoms with Crippen LogP contribution in [0.1, 0.15) is 50.0 Å². The molecular weight excluding hydrogens is 345 g/mol. The smallest absolute Gasteiger partial charge is 0.393 e. The molecule has 140 valence electrons. The fourth-order valence-corrected chi connectivity index (χ4v) is 4.25. The van der Waals surface area contributed by atoms with Gasteiger partial charge in [-0.2, -0.15) is 13.2 Å². The number of alkyl halides is 3. The molecule has 4 rings (SSSR count). The van der Waals surface area contributed by atoms with Crippen molar-refractivity contribution in [2.75, 3.05) is 5.73 Å². The molecule has 5 nitrogen and oxygen atoms in total. The standard InChI is InChI=1S/C18H21F3N4O/c1-8(2)17-24-14(7-25(17)15-11-4-10(26)5-12(11)15)9-3-13(18(19,20)21)16(22)23-6-9/h3,6-8,10-12,15,26H,4-5H2,1-2H3,(H2,22,23)/t10?,11-,12+,15+. The molecule has 1 unspecified atom stereocenters. The Balaban J connectivity index is 1.72. The maximum Gasteiger partial charge on any atom is 0.419 e. The lowest BCUT2D eigenvalue weighted by atomic mass is 10.1. The Kier molecular flexibility index (Phi) is 3.80. The van der Waals surface area contributed by atoms with Crippen molar-refractivity contribution in [1.82, 2.24) is 14.5 Å². The third-order valence-electron chi connectivity index (χ3n) is 5.49. The van der Waals surface area contributed by atoms with Crippen LogP contribution in [0.5, 0.6) is 0 Å². The van der Waals surface area contributed by atoms with Gasteiger partial charge in [-0.15, -0.1) is 0 Å². The van der Waals surface area contributed by atoms with E-state index in [9.17, 15) is 18.3 Å². The Morgan fingerprint density at radius 1 is 1.27 bits per heavy atom. The monoisotopic (exact) mass is 366 g/mol. The van der Waals surface area contributed by atoms with E-state index in [1.54, 1.807) is 0 Å². The number of anilines is 1. The lowest BCUT2D eigenvalue weighted by Crippen LogP contribution is -2.11. The first-order chi connectivity index (χ1) is 12.2. The Hall–Kier alpha value is -2.09. The SMILES string of the molecule is CC(C)c1nc(-c2cnc(N)c(C(F)(F)F)c2)cn1[C@H]1[C@@H]2CC(O)C[C@@H]21. The molecule has 2 saturated carbocycles. The van der Waals surface area contributed by atoms with Gasteiger partial charge in [-0.1, -0.05) is 13.8 Å². The molecule has 2 aromatic heterocycles. The van der Waals surface area contributed by atoms with Gasteiger partial charge in [0.1, 0.15) is 11.6 Å². The number of hydrogen-bond donors (Lipinski definition) is 2. The van der Waals surface area contributed by atoms with Crippen LogP contribution in [0.25, 0.3) is 11.3 Å². The van der Waals surface area contributed by atoms with Crippen molar-refractivity contribution in [1.29, 1.82) is 0 Å². The van der Waals surface area contributed by atoms with E-state index in [-0.39, 0.29) is 18.1 Å². The van der Waals surface area contributed by atoms with Crippen molar-refractivity contribution >= 4 is 5.82 Å². The van der Waals surface area contributed by atoms with E-state index >= 15 is 0 Å². The molecule has 2 aliphatic carbocycles. The fraction of sp³-hybridized carbons (Fsp3) is 0.556. The number of pyridine rings is 1. The first-order valence-electron chi connectivity index (χ1n) is 8.76. The van der Waals surface area contributed by atoms with E-state index in [0.717, 1.165) is 24.7 Å². The average Bonchev–Trinajstić information content (AvgIpc) is 2.91. The van der Waals surface area contributed by atoms with Crippen LogP contribution in [0.4, 0.5) is 19.0 Å². The molecule has 0 aliphatic heterocycles. The van der Waals surface area contributed by atoms with E-state index in [2.05, 4.69) is 14.5 Å². The highest BCUT2D eigenvalue weighted by molar-refractivity contribution is 5.62. The predicted molar refractivity (Wildman–Crippen MR) is 90.2 cm³/mol. The minimum Gasteiger partial charge on any atom is -0.393 e. The molecule has 2 aliphatic rings. The van der Waals surface area contributed by atoms with Crippen LogP contribution in [0.2, 0.25) is 0 Å². The molecule has 3 N–H and O–H groups in total. The first kappa shape index (κ1) is 17.3. The van der Waals surface area contributed by atoms with Gasteiger partial charge in [0.05, 0.1) is 17.4 Å². The predicted octanol–water partition coefficient (Wildman–Crippen LogP) is 3.61. The molecule has 0 bridgehead atoms. The van der Waals surface area contributed by atoms with Crippen molar-refractivity contribution in [3.8, 4) is 11.3 Å². The number of hydrogen-bond acceptors (Lipinski definition) is 4. The first-order valence-corrected chi connectivity index (χ1v) is 8.76. The summed E-state index contributed by atoms with van der Waals surface area (Å²) in [6, 6.07) is 1.29. The molecule has 4 atom stereocenters. The third-order valence-corrected chi connectivity index (χ3v) is 5.49. The average molecular weight is 366 g/mol. The summed E-state index contributed by atoms with van der Waals surface area (Å²) in [5, 5.41) is 9.74. The Morgan fingerprint density at radius 3 is 2.50 bits per heavy atom. The number of nitrogen functional groups attached to an aromatic ring is 1. The quantitative estimate of drug-likeness (QED) is 0.870. The van der Waals surface area contributed by atoms with Crippen molar-refractivity contribution in [2.24, 2.45) is 11.8 Å². The number of nitrogens with two attached hydrogens (primary N) is 1. The summed E-state index contributed by atoms with van der Waals surface area (Å²) in [5.74, 6) is 1.31. The molecule has 8 heteroatoms. The zero-order valence-electron chi connectivity index (χ0n) is 14.5. The summed E-state index contributed by atoms with van der Waals surface area (Å²) in [4.78, 5) is 8.30. The number of aliphatic hydroxyl groups is 1. The summed E-state index contributed by atoms with van der Waals surface area (Å²) in [5.41, 5.74) is 5.22. The number of fused-ring (bicyclic) bond motifs is 1. The van der Waals surface area contributed by atoms with Crippen molar-refractivity contribution in [3.05, 3.63) is 29.8 Å². The van der Waals surface area contributed by atoms with Crippen molar-refractivity contribution < 1.29 is 18.3 Å². The Bertz CT molecular complexity index is 833. The normalized spacial score (nSPS) is 27.8. The number of nitrogens with zero attached hydrogens (tertiary/aromatic N) is 3. The van der Waals surface area contributed by atoms with Crippen LogP contribution < -0.4 is 5.73 Å². The molecule has 0 radical (unpaired) electrons. The van der Waals surface area contributed by atoms with Crippen LogP contribution >= 0.6 is 0 Å². The number of halogens is 3. The number of aromatic nitrogens is 3. The highest BCUT2D eigenvalue weighted by Gasteiger charge is 2.57. The van der Waals surface area contributed by atoms with Gasteiger partial charge in [0.15, 0.2) is 0 Å². The second-order valence-corrected chi connectivity index (χ2v) is 7.64. The highest BCUT2D eigenvalue weighted by Crippen LogP contribution is 2.61. The van der Waals surface area contributed by atoms with E-state index in [1.165, 1.54) is 6.20 Å². The third kappa shape index (κ3) is 2.76. The van der Waals surface area contributed by atoms with Crippen molar-refractivity contribution in [2.45, 2.75) is 50.9 Å². The molecule has 2 fully saturated rings. The van der Waals surface area contributed by atoms with Gasteiger partial charge >= 0.3 is 6.18 Å². The van der Waals surface area contributed by atoms with Crippen molar-refractivity contribution in [3.63, 3.8) is 0 Å². The lowest BCUT2D eigenvalue weighted by molar-refractivity contribution is -0.137. The molecule has 0 amide bonds. The molecule has 26 heavy (non-hydrogen) atoms. The summed E-state index contributed by atoms with van der Waals surface area (Å²) < 4.78 is 41.4. The summed E-state index contributed by atoms with van der Waals surface area (Å²) in [7, 11) is 0. The number of rotatable bonds is 3. The molecule has 2 heterocycles. The Morgan fingerprint density at radius 2 is 1.92 bits per heavy atom. The van der Waals surface area contributed by atoms with Gasteiger partial charge in [0.2, 0.25) is 0 Å². The maximum atomic E-state index is 13.1. The molecule has 2 aromatic rings. The van der Waals surface area contributed by atoms with E-state index in [4.69, 9.17) is 5.73 Å².